The molecule has 2 heterocycles. The predicted molar refractivity (Wildman–Crippen MR) is 77.6 cm³/mol. The summed E-state index contributed by atoms with van der Waals surface area (Å²) in [6.07, 6.45) is 1.14. The maximum absolute atomic E-state index is 12.3. The fourth-order valence-corrected chi connectivity index (χ4v) is 3.79. The average Bonchev–Trinajstić information content (AvgIpc) is 3.10. The molecule has 7 nitrogen and oxygen atoms in total. The van der Waals surface area contributed by atoms with Crippen molar-refractivity contribution in [3.8, 4) is 0 Å². The van der Waals surface area contributed by atoms with Gasteiger partial charge < -0.3 is 4.74 Å². The first-order valence-corrected chi connectivity index (χ1v) is 8.63. The van der Waals surface area contributed by atoms with Gasteiger partial charge in [-0.3, -0.25) is 5.10 Å². The first-order chi connectivity index (χ1) is 9.95. The number of nitrogens with zero attached hydrogens (tertiary/aromatic N) is 1. The van der Waals surface area contributed by atoms with Crippen molar-refractivity contribution >= 4 is 27.3 Å². The van der Waals surface area contributed by atoms with Gasteiger partial charge in [-0.1, -0.05) is 0 Å². The minimum atomic E-state index is -3.90. The van der Waals surface area contributed by atoms with E-state index >= 15 is 0 Å². The van der Waals surface area contributed by atoms with Crippen LogP contribution >= 0.6 is 11.3 Å². The molecule has 0 aliphatic carbocycles. The van der Waals surface area contributed by atoms with Gasteiger partial charge in [0.25, 0.3) is 10.0 Å². The summed E-state index contributed by atoms with van der Waals surface area (Å²) in [7, 11) is -3.90. The normalized spacial score (nSPS) is 13.0. The molecule has 21 heavy (non-hydrogen) atoms. The van der Waals surface area contributed by atoms with Gasteiger partial charge >= 0.3 is 5.97 Å². The van der Waals surface area contributed by atoms with E-state index in [1.807, 2.05) is 16.8 Å². The molecular weight excluding hydrogens is 314 g/mol. The topological polar surface area (TPSA) is 101 Å². The zero-order valence-electron chi connectivity index (χ0n) is 11.5. The molecular formula is C12H15N3O4S2. The number of carbonyl (C=O) groups excluding carboxylic acids is 1. The monoisotopic (exact) mass is 329 g/mol. The van der Waals surface area contributed by atoms with E-state index in [9.17, 15) is 13.2 Å². The number of carbonyl (C=O) groups is 1. The summed E-state index contributed by atoms with van der Waals surface area (Å²) in [6, 6.07) is 1.41. The van der Waals surface area contributed by atoms with Gasteiger partial charge in [0.2, 0.25) is 0 Å². The number of H-pyrrole nitrogens is 1. The van der Waals surface area contributed by atoms with Gasteiger partial charge in [0, 0.05) is 6.04 Å². The van der Waals surface area contributed by atoms with Crippen molar-refractivity contribution in [2.45, 2.75) is 24.9 Å². The highest BCUT2D eigenvalue weighted by molar-refractivity contribution is 7.89. The van der Waals surface area contributed by atoms with E-state index in [0.29, 0.717) is 0 Å². The lowest BCUT2D eigenvalue weighted by molar-refractivity contribution is 0.0522. The number of hydrogen-bond donors (Lipinski definition) is 2. The van der Waals surface area contributed by atoms with Crippen molar-refractivity contribution in [1.82, 2.24) is 14.9 Å². The molecule has 2 N–H and O–H groups in total. The fraction of sp³-hybridized carbons (Fsp3) is 0.333. The van der Waals surface area contributed by atoms with Crippen LogP contribution < -0.4 is 4.72 Å². The maximum Gasteiger partial charge on any atom is 0.342 e. The Kier molecular flexibility index (Phi) is 4.76. The van der Waals surface area contributed by atoms with Gasteiger partial charge in [-0.15, -0.1) is 0 Å². The number of esters is 1. The van der Waals surface area contributed by atoms with Crippen LogP contribution in [0.1, 0.15) is 35.8 Å². The van der Waals surface area contributed by atoms with E-state index in [0.717, 1.165) is 11.8 Å². The van der Waals surface area contributed by atoms with E-state index in [-0.39, 0.29) is 17.2 Å². The molecule has 0 amide bonds. The van der Waals surface area contributed by atoms with Gasteiger partial charge in [-0.2, -0.15) is 16.4 Å². The minimum Gasteiger partial charge on any atom is -0.462 e. The molecule has 0 aliphatic heterocycles. The van der Waals surface area contributed by atoms with E-state index < -0.39 is 22.0 Å². The number of nitrogens with one attached hydrogen (secondary N) is 2. The fourth-order valence-electron chi connectivity index (χ4n) is 1.71. The zero-order valence-corrected chi connectivity index (χ0v) is 13.1. The molecule has 0 aliphatic rings. The summed E-state index contributed by atoms with van der Waals surface area (Å²) in [5.41, 5.74) is 0.739. The molecule has 2 aromatic heterocycles. The van der Waals surface area contributed by atoms with Crippen LogP contribution in [-0.2, 0) is 14.8 Å². The first kappa shape index (κ1) is 15.7. The van der Waals surface area contributed by atoms with E-state index in [2.05, 4.69) is 14.9 Å². The van der Waals surface area contributed by atoms with Crippen molar-refractivity contribution in [2.24, 2.45) is 0 Å². The molecule has 1 atom stereocenters. The predicted octanol–water partition coefficient (Wildman–Crippen LogP) is 1.69. The Morgan fingerprint density at radius 2 is 2.33 bits per heavy atom. The second-order valence-electron chi connectivity index (χ2n) is 4.23. The number of sulfonamides is 1. The number of ether oxygens (including phenoxy) is 1. The average molecular weight is 329 g/mol. The van der Waals surface area contributed by atoms with Crippen LogP contribution in [0.15, 0.2) is 28.0 Å². The highest BCUT2D eigenvalue weighted by Crippen LogP contribution is 2.20. The third-order valence-corrected chi connectivity index (χ3v) is 4.96. The van der Waals surface area contributed by atoms with Gasteiger partial charge in [0.15, 0.2) is 5.03 Å². The largest absolute Gasteiger partial charge is 0.462 e. The highest BCUT2D eigenvalue weighted by atomic mass is 32.2. The molecule has 0 bridgehead atoms. The van der Waals surface area contributed by atoms with Crippen molar-refractivity contribution in [3.63, 3.8) is 0 Å². The Bertz CT molecular complexity index is 707. The van der Waals surface area contributed by atoms with Crippen LogP contribution in [0.2, 0.25) is 0 Å². The van der Waals surface area contributed by atoms with Crippen LogP contribution in [0.25, 0.3) is 0 Å². The standard InChI is InChI=1S/C12H15N3O4S2/c1-3-19-12(16)10-6-13-14-11(10)21(17,18)15-8(2)9-4-5-20-7-9/h4-8,15H,3H2,1-2H3,(H,13,14). The molecule has 9 heteroatoms. The van der Waals surface area contributed by atoms with Gasteiger partial charge in [0.1, 0.15) is 5.56 Å². The van der Waals surface area contributed by atoms with Gasteiger partial charge in [-0.25, -0.2) is 17.9 Å². The van der Waals surface area contributed by atoms with E-state index in [1.165, 1.54) is 11.3 Å². The minimum absolute atomic E-state index is 0.109. The molecule has 2 rings (SSSR count). The van der Waals surface area contributed by atoms with E-state index in [4.69, 9.17) is 4.74 Å². The van der Waals surface area contributed by atoms with Crippen LogP contribution in [0.4, 0.5) is 0 Å². The smallest absolute Gasteiger partial charge is 0.342 e. The Labute approximate surface area is 126 Å². The molecule has 0 radical (unpaired) electrons. The van der Waals surface area contributed by atoms with Gasteiger partial charge in [0.05, 0.1) is 12.8 Å². The summed E-state index contributed by atoms with van der Waals surface area (Å²) in [5, 5.41) is 9.38. The number of rotatable bonds is 6. The Balaban J connectivity index is 2.24. The summed E-state index contributed by atoms with van der Waals surface area (Å²) in [6.45, 7) is 3.52. The summed E-state index contributed by atoms with van der Waals surface area (Å²) >= 11 is 1.48. The van der Waals surface area contributed by atoms with Gasteiger partial charge in [-0.05, 0) is 36.2 Å². The zero-order chi connectivity index (χ0) is 15.5. The second kappa shape index (κ2) is 6.37. The molecule has 1 unspecified atom stereocenters. The molecule has 0 aromatic carbocycles. The molecule has 114 valence electrons. The SMILES string of the molecule is CCOC(=O)c1cn[nH]c1S(=O)(=O)NC(C)c1ccsc1. The molecule has 0 saturated carbocycles. The quantitative estimate of drug-likeness (QED) is 0.785. The number of thiophene rings is 1. The summed E-state index contributed by atoms with van der Waals surface area (Å²) < 4.78 is 32.0. The number of aromatic nitrogens is 2. The lowest BCUT2D eigenvalue weighted by atomic mass is 10.2. The molecule has 0 fully saturated rings. The van der Waals surface area contributed by atoms with Crippen LogP contribution in [-0.4, -0.2) is 31.2 Å². The highest BCUT2D eigenvalue weighted by Gasteiger charge is 2.27. The number of aromatic amines is 1. The van der Waals surface area contributed by atoms with Crippen molar-refractivity contribution < 1.29 is 17.9 Å². The number of hydrogen-bond acceptors (Lipinski definition) is 6. The molecule has 2 aromatic rings. The second-order valence-corrected chi connectivity index (χ2v) is 6.66. The maximum atomic E-state index is 12.3. The molecule has 0 saturated heterocycles. The summed E-state index contributed by atoms with van der Waals surface area (Å²) in [4.78, 5) is 11.7. The van der Waals surface area contributed by atoms with Crippen molar-refractivity contribution in [1.29, 1.82) is 0 Å². The van der Waals surface area contributed by atoms with E-state index in [1.54, 1.807) is 13.8 Å². The Hall–Kier alpha value is -1.71. The van der Waals surface area contributed by atoms with Crippen molar-refractivity contribution in [2.75, 3.05) is 6.61 Å². The Morgan fingerprint density at radius 1 is 1.57 bits per heavy atom. The molecule has 0 spiro atoms. The van der Waals surface area contributed by atoms with Crippen molar-refractivity contribution in [3.05, 3.63) is 34.2 Å². The van der Waals surface area contributed by atoms with Crippen LogP contribution in [0, 0.1) is 0 Å². The summed E-state index contributed by atoms with van der Waals surface area (Å²) in [5.74, 6) is -0.727. The first-order valence-electron chi connectivity index (χ1n) is 6.20. The Morgan fingerprint density at radius 3 is 2.95 bits per heavy atom. The lowest BCUT2D eigenvalue weighted by Crippen LogP contribution is -2.28. The third kappa shape index (κ3) is 3.49. The third-order valence-electron chi connectivity index (χ3n) is 2.74. The van der Waals surface area contributed by atoms with Crippen LogP contribution in [0.3, 0.4) is 0 Å². The van der Waals surface area contributed by atoms with Crippen LogP contribution in [0.5, 0.6) is 0 Å². The lowest BCUT2D eigenvalue weighted by Gasteiger charge is -2.12.